The SMILES string of the molecule is Cc1ccc(C(=O)NCCNC(=O)C2CCCO2)cc1C. The van der Waals surface area contributed by atoms with Gasteiger partial charge in [0.25, 0.3) is 5.91 Å². The number of nitrogens with one attached hydrogen (secondary N) is 2. The maximum atomic E-state index is 12.0. The van der Waals surface area contributed by atoms with Gasteiger partial charge in [0.15, 0.2) is 0 Å². The Kier molecular flexibility index (Phi) is 5.33. The zero-order valence-electron chi connectivity index (χ0n) is 12.6. The number of rotatable bonds is 5. The number of carbonyl (C=O) groups excluding carboxylic acids is 2. The molecule has 1 saturated heterocycles. The Labute approximate surface area is 125 Å². The largest absolute Gasteiger partial charge is 0.368 e. The molecule has 1 fully saturated rings. The first-order valence-electron chi connectivity index (χ1n) is 7.32. The fourth-order valence-corrected chi connectivity index (χ4v) is 2.24. The Morgan fingerprint density at radius 3 is 2.62 bits per heavy atom. The first kappa shape index (κ1) is 15.5. The summed E-state index contributed by atoms with van der Waals surface area (Å²) in [5.74, 6) is -0.211. The lowest BCUT2D eigenvalue weighted by Crippen LogP contribution is -2.39. The summed E-state index contributed by atoms with van der Waals surface area (Å²) >= 11 is 0. The molecule has 1 unspecified atom stereocenters. The molecular formula is C16H22N2O3. The summed E-state index contributed by atoms with van der Waals surface area (Å²) in [6.45, 7) is 5.46. The Hall–Kier alpha value is -1.88. The maximum absolute atomic E-state index is 12.0. The van der Waals surface area contributed by atoms with Gasteiger partial charge >= 0.3 is 0 Å². The van der Waals surface area contributed by atoms with Gasteiger partial charge in [-0.3, -0.25) is 9.59 Å². The van der Waals surface area contributed by atoms with E-state index < -0.39 is 0 Å². The van der Waals surface area contributed by atoms with Crippen LogP contribution >= 0.6 is 0 Å². The Morgan fingerprint density at radius 2 is 1.95 bits per heavy atom. The Bertz CT molecular complexity index is 522. The van der Waals surface area contributed by atoms with Crippen LogP contribution in [0.5, 0.6) is 0 Å². The van der Waals surface area contributed by atoms with Crippen LogP contribution in [0.1, 0.15) is 34.3 Å². The van der Waals surface area contributed by atoms with Crippen LogP contribution in [0.25, 0.3) is 0 Å². The molecule has 5 nitrogen and oxygen atoms in total. The molecule has 2 rings (SSSR count). The van der Waals surface area contributed by atoms with E-state index >= 15 is 0 Å². The van der Waals surface area contributed by atoms with Crippen molar-refractivity contribution in [1.29, 1.82) is 0 Å². The third-order valence-electron chi connectivity index (χ3n) is 3.70. The van der Waals surface area contributed by atoms with Crippen molar-refractivity contribution in [2.24, 2.45) is 0 Å². The molecule has 0 bridgehead atoms. The van der Waals surface area contributed by atoms with Gasteiger partial charge in [-0.15, -0.1) is 0 Å². The standard InChI is InChI=1S/C16H22N2O3/c1-11-5-6-13(10-12(11)2)15(19)17-7-8-18-16(20)14-4-3-9-21-14/h5-6,10,14H,3-4,7-9H2,1-2H3,(H,17,19)(H,18,20). The lowest BCUT2D eigenvalue weighted by atomic mass is 10.1. The second kappa shape index (κ2) is 7.22. The highest BCUT2D eigenvalue weighted by Crippen LogP contribution is 2.11. The molecule has 2 amide bonds. The summed E-state index contributed by atoms with van der Waals surface area (Å²) < 4.78 is 5.29. The predicted molar refractivity (Wildman–Crippen MR) is 80.2 cm³/mol. The lowest BCUT2D eigenvalue weighted by molar-refractivity contribution is -0.129. The molecular weight excluding hydrogens is 268 g/mol. The summed E-state index contributed by atoms with van der Waals surface area (Å²) in [7, 11) is 0. The van der Waals surface area contributed by atoms with Gasteiger partial charge in [-0.05, 0) is 49.9 Å². The molecule has 0 spiro atoms. The Morgan fingerprint density at radius 1 is 1.19 bits per heavy atom. The van der Waals surface area contributed by atoms with Crippen LogP contribution in [-0.2, 0) is 9.53 Å². The highest BCUT2D eigenvalue weighted by Gasteiger charge is 2.22. The predicted octanol–water partition coefficient (Wildman–Crippen LogP) is 1.33. The van der Waals surface area contributed by atoms with Crippen molar-refractivity contribution in [3.05, 3.63) is 34.9 Å². The molecule has 1 aromatic rings. The summed E-state index contributed by atoms with van der Waals surface area (Å²) in [6, 6.07) is 5.61. The molecule has 0 aromatic heterocycles. The maximum Gasteiger partial charge on any atom is 0.251 e. The molecule has 0 radical (unpaired) electrons. The van der Waals surface area contributed by atoms with Crippen LogP contribution in [0.4, 0.5) is 0 Å². The van der Waals surface area contributed by atoms with E-state index in [9.17, 15) is 9.59 Å². The third kappa shape index (κ3) is 4.29. The van der Waals surface area contributed by atoms with Gasteiger partial charge in [0.2, 0.25) is 5.91 Å². The van der Waals surface area contributed by atoms with Crippen molar-refractivity contribution >= 4 is 11.8 Å². The molecule has 1 aromatic carbocycles. The number of hydrogen-bond acceptors (Lipinski definition) is 3. The normalized spacial score (nSPS) is 17.5. The second-order valence-corrected chi connectivity index (χ2v) is 5.35. The highest BCUT2D eigenvalue weighted by molar-refractivity contribution is 5.94. The average molecular weight is 290 g/mol. The number of hydrogen-bond donors (Lipinski definition) is 2. The average Bonchev–Trinajstić information content (AvgIpc) is 3.00. The van der Waals surface area contributed by atoms with E-state index in [1.54, 1.807) is 0 Å². The number of ether oxygens (including phenoxy) is 1. The minimum absolute atomic E-state index is 0.0899. The molecule has 1 atom stereocenters. The fraction of sp³-hybridized carbons (Fsp3) is 0.500. The van der Waals surface area contributed by atoms with Crippen molar-refractivity contribution in [2.45, 2.75) is 32.8 Å². The fourth-order valence-electron chi connectivity index (χ4n) is 2.24. The monoisotopic (exact) mass is 290 g/mol. The molecule has 114 valence electrons. The summed E-state index contributed by atoms with van der Waals surface area (Å²) in [4.78, 5) is 23.7. The van der Waals surface area contributed by atoms with Crippen LogP contribution in [0.15, 0.2) is 18.2 Å². The quantitative estimate of drug-likeness (QED) is 0.804. The van der Waals surface area contributed by atoms with Crippen molar-refractivity contribution in [3.8, 4) is 0 Å². The first-order chi connectivity index (χ1) is 10.1. The number of benzene rings is 1. The van der Waals surface area contributed by atoms with Crippen molar-refractivity contribution in [3.63, 3.8) is 0 Å². The minimum atomic E-state index is -0.319. The first-order valence-corrected chi connectivity index (χ1v) is 7.32. The van der Waals surface area contributed by atoms with Crippen molar-refractivity contribution in [1.82, 2.24) is 10.6 Å². The van der Waals surface area contributed by atoms with E-state index in [4.69, 9.17) is 4.74 Å². The minimum Gasteiger partial charge on any atom is -0.368 e. The zero-order valence-corrected chi connectivity index (χ0v) is 12.6. The molecule has 2 N–H and O–H groups in total. The van der Waals surface area contributed by atoms with Crippen LogP contribution in [0.3, 0.4) is 0 Å². The van der Waals surface area contributed by atoms with Gasteiger partial charge in [-0.2, -0.15) is 0 Å². The van der Waals surface area contributed by atoms with Crippen molar-refractivity contribution in [2.75, 3.05) is 19.7 Å². The molecule has 0 saturated carbocycles. The van der Waals surface area contributed by atoms with Crippen LogP contribution in [0.2, 0.25) is 0 Å². The van der Waals surface area contributed by atoms with Gasteiger partial charge in [-0.25, -0.2) is 0 Å². The molecule has 1 aliphatic rings. The van der Waals surface area contributed by atoms with E-state index in [0.29, 0.717) is 25.3 Å². The smallest absolute Gasteiger partial charge is 0.251 e. The molecule has 1 aliphatic heterocycles. The van der Waals surface area contributed by atoms with E-state index in [1.807, 2.05) is 32.0 Å². The molecule has 5 heteroatoms. The summed E-state index contributed by atoms with van der Waals surface area (Å²) in [5, 5.41) is 5.57. The van der Waals surface area contributed by atoms with E-state index in [2.05, 4.69) is 10.6 Å². The second-order valence-electron chi connectivity index (χ2n) is 5.35. The molecule has 1 heterocycles. The van der Waals surface area contributed by atoms with E-state index in [1.165, 1.54) is 0 Å². The van der Waals surface area contributed by atoms with Crippen LogP contribution < -0.4 is 10.6 Å². The Balaban J connectivity index is 1.71. The van der Waals surface area contributed by atoms with Gasteiger partial charge < -0.3 is 15.4 Å². The van der Waals surface area contributed by atoms with Gasteiger partial charge in [0, 0.05) is 25.3 Å². The van der Waals surface area contributed by atoms with Gasteiger partial charge in [0.1, 0.15) is 6.10 Å². The topological polar surface area (TPSA) is 67.4 Å². The highest BCUT2D eigenvalue weighted by atomic mass is 16.5. The van der Waals surface area contributed by atoms with Crippen LogP contribution in [0, 0.1) is 13.8 Å². The van der Waals surface area contributed by atoms with E-state index in [0.717, 1.165) is 24.0 Å². The summed E-state index contributed by atoms with van der Waals surface area (Å²) in [5.41, 5.74) is 2.90. The number of aryl methyl sites for hydroxylation is 2. The van der Waals surface area contributed by atoms with Crippen molar-refractivity contribution < 1.29 is 14.3 Å². The van der Waals surface area contributed by atoms with Crippen LogP contribution in [-0.4, -0.2) is 37.6 Å². The number of carbonyl (C=O) groups is 2. The molecule has 21 heavy (non-hydrogen) atoms. The molecule has 0 aliphatic carbocycles. The van der Waals surface area contributed by atoms with E-state index in [-0.39, 0.29) is 17.9 Å². The third-order valence-corrected chi connectivity index (χ3v) is 3.70. The van der Waals surface area contributed by atoms with Gasteiger partial charge in [-0.1, -0.05) is 6.07 Å². The zero-order chi connectivity index (χ0) is 15.2. The number of amides is 2. The summed E-state index contributed by atoms with van der Waals surface area (Å²) in [6.07, 6.45) is 1.39. The lowest BCUT2D eigenvalue weighted by Gasteiger charge is -2.11. The van der Waals surface area contributed by atoms with Gasteiger partial charge in [0.05, 0.1) is 0 Å².